The Bertz CT molecular complexity index is 2100. The standard InChI is InChI=1S/C34H20Br2F3NO2/c35-29-14-19(15-30(36)32(29)41)13-22-11-12-27-26-10-2-1-5-20(26)18-28(27)31(22)21-6-4-9-25(17-21)40-33(42)23-7-3-8-24(16-23)34(37,38)39/h1-18,41H,(H,40,42)/b22-13+. The summed E-state index contributed by atoms with van der Waals surface area (Å²) >= 11 is 6.80. The van der Waals surface area contributed by atoms with E-state index in [1.165, 1.54) is 12.1 Å². The van der Waals surface area contributed by atoms with Crippen LogP contribution < -0.4 is 15.8 Å². The van der Waals surface area contributed by atoms with Crippen LogP contribution in [0.1, 0.15) is 27.0 Å². The van der Waals surface area contributed by atoms with Crippen LogP contribution in [-0.2, 0) is 6.18 Å². The molecule has 1 amide bonds. The summed E-state index contributed by atoms with van der Waals surface area (Å²) in [4.78, 5) is 13.0. The number of phenolic OH excluding ortho intramolecular Hbond substituents is 1. The highest BCUT2D eigenvalue weighted by molar-refractivity contribution is 9.11. The summed E-state index contributed by atoms with van der Waals surface area (Å²) in [5.41, 5.74) is 3.09. The molecule has 3 nitrogen and oxygen atoms in total. The third-order valence-corrected chi connectivity index (χ3v) is 8.26. The fraction of sp³-hybridized carbons (Fsp3) is 0.0294. The number of nitrogens with one attached hydrogen (secondary N) is 1. The zero-order valence-electron chi connectivity index (χ0n) is 21.6. The molecule has 6 rings (SSSR count). The number of amides is 1. The summed E-state index contributed by atoms with van der Waals surface area (Å²) in [5.74, 6) is -0.532. The molecular weight excluding hydrogens is 671 g/mol. The molecule has 0 aliphatic heterocycles. The molecule has 2 N–H and O–H groups in total. The average Bonchev–Trinajstić information content (AvgIpc) is 3.34. The molecule has 0 aromatic heterocycles. The van der Waals surface area contributed by atoms with E-state index in [0.29, 0.717) is 14.6 Å². The highest BCUT2D eigenvalue weighted by Gasteiger charge is 2.31. The third kappa shape index (κ3) is 5.40. The quantitative estimate of drug-likeness (QED) is 0.196. The molecule has 0 fully saturated rings. The zero-order chi connectivity index (χ0) is 29.6. The Labute approximate surface area is 255 Å². The van der Waals surface area contributed by atoms with Gasteiger partial charge in [-0.25, -0.2) is 0 Å². The number of carbonyl (C=O) groups excluding carboxylic acids is 1. The van der Waals surface area contributed by atoms with Gasteiger partial charge < -0.3 is 10.4 Å². The van der Waals surface area contributed by atoms with E-state index in [-0.39, 0.29) is 11.3 Å². The van der Waals surface area contributed by atoms with Gasteiger partial charge in [0.1, 0.15) is 5.75 Å². The first-order valence-corrected chi connectivity index (χ1v) is 14.4. The van der Waals surface area contributed by atoms with Crippen LogP contribution in [0.3, 0.4) is 0 Å². The third-order valence-electron chi connectivity index (χ3n) is 7.05. The molecule has 0 bridgehead atoms. The van der Waals surface area contributed by atoms with Crippen molar-refractivity contribution in [3.8, 4) is 16.9 Å². The minimum absolute atomic E-state index is 0.0860. The van der Waals surface area contributed by atoms with E-state index in [4.69, 9.17) is 0 Å². The van der Waals surface area contributed by atoms with E-state index < -0.39 is 17.6 Å². The Morgan fingerprint density at radius 1 is 0.810 bits per heavy atom. The van der Waals surface area contributed by atoms with Crippen molar-refractivity contribution in [2.75, 3.05) is 5.32 Å². The highest BCUT2D eigenvalue weighted by Crippen LogP contribution is 2.34. The Hall–Kier alpha value is -4.14. The first-order valence-electron chi connectivity index (χ1n) is 12.8. The fourth-order valence-electron chi connectivity index (χ4n) is 5.13. The topological polar surface area (TPSA) is 49.3 Å². The first kappa shape index (κ1) is 28.0. The van der Waals surface area contributed by atoms with E-state index in [1.54, 1.807) is 12.1 Å². The summed E-state index contributed by atoms with van der Waals surface area (Å²) in [7, 11) is 0. The van der Waals surface area contributed by atoms with E-state index >= 15 is 0 Å². The molecule has 0 saturated carbocycles. The fourth-order valence-corrected chi connectivity index (χ4v) is 6.35. The predicted octanol–water partition coefficient (Wildman–Crippen LogP) is 8.11. The predicted molar refractivity (Wildman–Crippen MR) is 165 cm³/mol. The van der Waals surface area contributed by atoms with Crippen LogP contribution in [-0.4, -0.2) is 11.0 Å². The smallest absolute Gasteiger partial charge is 0.416 e. The van der Waals surface area contributed by atoms with Gasteiger partial charge in [0, 0.05) is 11.3 Å². The number of phenols is 1. The van der Waals surface area contributed by atoms with Crippen LogP contribution >= 0.6 is 31.9 Å². The van der Waals surface area contributed by atoms with Crippen molar-refractivity contribution in [2.24, 2.45) is 0 Å². The number of carbonyl (C=O) groups is 1. The lowest BCUT2D eigenvalue weighted by atomic mass is 9.95. The van der Waals surface area contributed by atoms with Crippen molar-refractivity contribution < 1.29 is 23.1 Å². The van der Waals surface area contributed by atoms with Gasteiger partial charge in [-0.15, -0.1) is 0 Å². The number of rotatable bonds is 4. The van der Waals surface area contributed by atoms with E-state index in [0.717, 1.165) is 55.3 Å². The molecule has 0 spiro atoms. The molecule has 42 heavy (non-hydrogen) atoms. The summed E-state index contributed by atoms with van der Waals surface area (Å²) in [6, 6.07) is 27.5. The van der Waals surface area contributed by atoms with Gasteiger partial charge in [0.05, 0.1) is 14.5 Å². The second-order valence-electron chi connectivity index (χ2n) is 9.81. The molecule has 0 heterocycles. The Balaban J connectivity index is 1.49. The van der Waals surface area contributed by atoms with Gasteiger partial charge in [-0.1, -0.05) is 54.6 Å². The molecule has 5 aromatic rings. The van der Waals surface area contributed by atoms with Gasteiger partial charge in [0.2, 0.25) is 0 Å². The monoisotopic (exact) mass is 689 g/mol. The van der Waals surface area contributed by atoms with E-state index in [2.05, 4.69) is 61.5 Å². The molecule has 0 saturated heterocycles. The molecule has 8 heteroatoms. The van der Waals surface area contributed by atoms with Crippen LogP contribution in [0.5, 0.6) is 5.75 Å². The lowest BCUT2D eigenvalue weighted by Crippen LogP contribution is -2.14. The number of hydrogen-bond donors (Lipinski definition) is 2. The van der Waals surface area contributed by atoms with Crippen LogP contribution in [0.25, 0.3) is 23.3 Å². The zero-order valence-corrected chi connectivity index (χ0v) is 24.8. The molecule has 0 radical (unpaired) electrons. The van der Waals surface area contributed by atoms with Gasteiger partial charge in [-0.2, -0.15) is 13.2 Å². The van der Waals surface area contributed by atoms with Crippen LogP contribution in [0, 0.1) is 10.4 Å². The highest BCUT2D eigenvalue weighted by atomic mass is 79.9. The Morgan fingerprint density at radius 2 is 1.55 bits per heavy atom. The second-order valence-corrected chi connectivity index (χ2v) is 11.5. The number of halogens is 5. The molecule has 1 aliphatic rings. The van der Waals surface area contributed by atoms with Gasteiger partial charge in [0.25, 0.3) is 5.91 Å². The number of anilines is 1. The molecule has 5 aromatic carbocycles. The SMILES string of the molecule is O=C(Nc1cccc(-c2c3c(cc/c2=C\c2cc(Br)c(O)c(Br)c2)=c2ccccc2=C3)c1)c1cccc(C(F)(F)F)c1. The Kier molecular flexibility index (Phi) is 7.29. The van der Waals surface area contributed by atoms with Gasteiger partial charge in [0.15, 0.2) is 0 Å². The minimum Gasteiger partial charge on any atom is -0.506 e. The summed E-state index contributed by atoms with van der Waals surface area (Å²) in [6.45, 7) is 0. The average molecular weight is 691 g/mol. The number of hydrogen-bond acceptors (Lipinski definition) is 2. The molecular formula is C34H20Br2F3NO2. The van der Waals surface area contributed by atoms with Gasteiger partial charge in [-0.3, -0.25) is 4.79 Å². The summed E-state index contributed by atoms with van der Waals surface area (Å²) in [6.07, 6.45) is -0.406. The van der Waals surface area contributed by atoms with Crippen molar-refractivity contribution in [1.29, 1.82) is 0 Å². The van der Waals surface area contributed by atoms with Crippen LogP contribution in [0.4, 0.5) is 18.9 Å². The van der Waals surface area contributed by atoms with Gasteiger partial charge >= 0.3 is 6.18 Å². The van der Waals surface area contributed by atoms with Crippen LogP contribution in [0.15, 0.2) is 106 Å². The maximum absolute atomic E-state index is 13.2. The lowest BCUT2D eigenvalue weighted by Gasteiger charge is -2.12. The maximum Gasteiger partial charge on any atom is 0.416 e. The maximum atomic E-state index is 13.2. The van der Waals surface area contributed by atoms with Crippen molar-refractivity contribution >= 4 is 55.6 Å². The van der Waals surface area contributed by atoms with Crippen molar-refractivity contribution in [3.05, 3.63) is 149 Å². The second kappa shape index (κ2) is 10.9. The minimum atomic E-state index is -4.55. The normalized spacial score (nSPS) is 12.5. The molecule has 1 aliphatic carbocycles. The van der Waals surface area contributed by atoms with E-state index in [9.17, 15) is 23.1 Å². The number of fused-ring (bicyclic) bond motifs is 2. The van der Waals surface area contributed by atoms with E-state index in [1.807, 2.05) is 48.5 Å². The number of benzene rings is 5. The largest absolute Gasteiger partial charge is 0.506 e. The van der Waals surface area contributed by atoms with Crippen LogP contribution in [0.2, 0.25) is 0 Å². The first-order chi connectivity index (χ1) is 20.1. The molecule has 0 atom stereocenters. The lowest BCUT2D eigenvalue weighted by molar-refractivity contribution is -0.137. The van der Waals surface area contributed by atoms with Crippen molar-refractivity contribution in [3.63, 3.8) is 0 Å². The number of alkyl halides is 3. The molecule has 208 valence electrons. The summed E-state index contributed by atoms with van der Waals surface area (Å²) in [5, 5.41) is 17.1. The number of aromatic hydroxyl groups is 1. The van der Waals surface area contributed by atoms with Crippen molar-refractivity contribution in [2.45, 2.75) is 6.18 Å². The Morgan fingerprint density at radius 3 is 2.31 bits per heavy atom. The molecule has 0 unspecified atom stereocenters. The van der Waals surface area contributed by atoms with Crippen molar-refractivity contribution in [1.82, 2.24) is 0 Å². The van der Waals surface area contributed by atoms with Gasteiger partial charge in [-0.05, 0) is 130 Å². The summed E-state index contributed by atoms with van der Waals surface area (Å²) < 4.78 is 40.7.